The number of nitrogens with one attached hydrogen (secondary N) is 1. The van der Waals surface area contributed by atoms with Crippen LogP contribution in [0.4, 0.5) is 9.18 Å². The lowest BCUT2D eigenvalue weighted by Crippen LogP contribution is -2.41. The van der Waals surface area contributed by atoms with E-state index in [0.29, 0.717) is 17.3 Å². The number of halogens is 1. The molecule has 0 radical (unpaired) electrons. The summed E-state index contributed by atoms with van der Waals surface area (Å²) in [6, 6.07) is 20.2. The quantitative estimate of drug-likeness (QED) is 0.293. The van der Waals surface area contributed by atoms with Crippen LogP contribution in [0.15, 0.2) is 72.2 Å². The fraction of sp³-hybridized carbons (Fsp3) is 0.290. The van der Waals surface area contributed by atoms with Gasteiger partial charge in [0.05, 0.1) is 11.2 Å². The second-order valence-electron chi connectivity index (χ2n) is 10.9. The third kappa shape index (κ3) is 5.27. The molecule has 1 N–H and O–H groups in total. The zero-order valence-corrected chi connectivity index (χ0v) is 22.5. The van der Waals surface area contributed by atoms with Crippen molar-refractivity contribution in [3.63, 3.8) is 0 Å². The predicted octanol–water partition coefficient (Wildman–Crippen LogP) is 6.19. The molecule has 5 rings (SSSR count). The zero-order chi connectivity index (χ0) is 27.8. The minimum absolute atomic E-state index is 0.0448. The number of amides is 1. The fourth-order valence-electron chi connectivity index (χ4n) is 5.00. The van der Waals surface area contributed by atoms with Crippen molar-refractivity contribution >= 4 is 25.6 Å². The summed E-state index contributed by atoms with van der Waals surface area (Å²) in [5.41, 5.74) is 4.57. The van der Waals surface area contributed by atoms with Crippen LogP contribution in [0.1, 0.15) is 60.7 Å². The first-order chi connectivity index (χ1) is 18.6. The molecule has 1 aliphatic heterocycles. The number of ether oxygens (including phenoxy) is 1. The van der Waals surface area contributed by atoms with Crippen LogP contribution in [0.2, 0.25) is 0 Å². The van der Waals surface area contributed by atoms with Crippen molar-refractivity contribution in [2.75, 3.05) is 13.2 Å². The van der Waals surface area contributed by atoms with Gasteiger partial charge in [0.15, 0.2) is 6.29 Å². The molecule has 1 saturated heterocycles. The van der Waals surface area contributed by atoms with E-state index in [0.717, 1.165) is 22.3 Å². The van der Waals surface area contributed by atoms with Crippen LogP contribution in [0, 0.1) is 5.82 Å². The van der Waals surface area contributed by atoms with Crippen molar-refractivity contribution < 1.29 is 28.0 Å². The number of carbonyl (C=O) groups is 2. The van der Waals surface area contributed by atoms with Gasteiger partial charge < -0.3 is 19.4 Å². The van der Waals surface area contributed by atoms with Crippen LogP contribution >= 0.6 is 0 Å². The van der Waals surface area contributed by atoms with Crippen molar-refractivity contribution in [2.24, 2.45) is 0 Å². The van der Waals surface area contributed by atoms with Crippen molar-refractivity contribution in [2.45, 2.75) is 44.8 Å². The highest BCUT2D eigenvalue weighted by molar-refractivity contribution is 6.56. The molecule has 6 nitrogen and oxygen atoms in total. The minimum atomic E-state index is -0.784. The van der Waals surface area contributed by atoms with Crippen LogP contribution in [-0.4, -0.2) is 43.9 Å². The molecule has 1 amide bonds. The lowest BCUT2D eigenvalue weighted by atomic mass is 9.76. The van der Waals surface area contributed by atoms with Gasteiger partial charge in [0.25, 0.3) is 0 Å². The van der Waals surface area contributed by atoms with Crippen molar-refractivity contribution in [3.8, 4) is 11.1 Å². The molecular weight excluding hydrogens is 496 g/mol. The summed E-state index contributed by atoms with van der Waals surface area (Å²) in [7, 11) is -0.784. The van der Waals surface area contributed by atoms with Gasteiger partial charge >= 0.3 is 13.2 Å². The molecule has 200 valence electrons. The molecule has 0 saturated carbocycles. The summed E-state index contributed by atoms with van der Waals surface area (Å²) >= 11 is 0. The molecule has 1 aliphatic carbocycles. The molecule has 0 spiro atoms. The van der Waals surface area contributed by atoms with Crippen LogP contribution < -0.4 is 5.32 Å². The summed E-state index contributed by atoms with van der Waals surface area (Å²) in [4.78, 5) is 24.5. The number of rotatable bonds is 7. The molecule has 8 heteroatoms. The minimum Gasteiger partial charge on any atom is -0.449 e. The van der Waals surface area contributed by atoms with Gasteiger partial charge in [-0.3, -0.25) is 4.79 Å². The van der Waals surface area contributed by atoms with Gasteiger partial charge in [0, 0.05) is 18.0 Å². The van der Waals surface area contributed by atoms with E-state index < -0.39 is 30.2 Å². The maximum absolute atomic E-state index is 13.7. The monoisotopic (exact) mass is 527 g/mol. The Morgan fingerprint density at radius 1 is 0.949 bits per heavy atom. The van der Waals surface area contributed by atoms with Crippen LogP contribution in [0.3, 0.4) is 0 Å². The Hall–Kier alpha value is -3.75. The first-order valence-electron chi connectivity index (χ1n) is 13.0. The van der Waals surface area contributed by atoms with E-state index in [-0.39, 0.29) is 24.6 Å². The van der Waals surface area contributed by atoms with E-state index in [4.69, 9.17) is 14.0 Å². The van der Waals surface area contributed by atoms with E-state index in [1.54, 1.807) is 6.08 Å². The SMILES string of the molecule is CC1(C)OB(C(=Cc2ccc(F)cc2C=O)CNC(=O)OCC2c3ccccc3-c3ccccc32)OC1(C)C. The summed E-state index contributed by atoms with van der Waals surface area (Å²) in [6.45, 7) is 7.94. The number of hydrogen-bond acceptors (Lipinski definition) is 5. The zero-order valence-electron chi connectivity index (χ0n) is 22.5. The van der Waals surface area contributed by atoms with Gasteiger partial charge in [0.1, 0.15) is 12.4 Å². The fourth-order valence-corrected chi connectivity index (χ4v) is 5.00. The molecule has 0 unspecified atom stereocenters. The van der Waals surface area contributed by atoms with E-state index in [9.17, 15) is 14.0 Å². The van der Waals surface area contributed by atoms with E-state index in [2.05, 4.69) is 29.6 Å². The molecule has 0 atom stereocenters. The highest BCUT2D eigenvalue weighted by atomic mass is 19.1. The Morgan fingerprint density at radius 3 is 2.13 bits per heavy atom. The molecule has 0 bridgehead atoms. The van der Waals surface area contributed by atoms with Crippen LogP contribution in [-0.2, 0) is 14.0 Å². The largest absolute Gasteiger partial charge is 0.492 e. The molecule has 3 aromatic carbocycles. The van der Waals surface area contributed by atoms with E-state index in [1.165, 1.54) is 18.2 Å². The van der Waals surface area contributed by atoms with Gasteiger partial charge in [-0.15, -0.1) is 0 Å². The molecular formula is C31H31BFNO5. The average molecular weight is 527 g/mol. The molecule has 1 fully saturated rings. The lowest BCUT2D eigenvalue weighted by Gasteiger charge is -2.32. The number of aldehydes is 1. The predicted molar refractivity (Wildman–Crippen MR) is 149 cm³/mol. The van der Waals surface area contributed by atoms with E-state index >= 15 is 0 Å². The summed E-state index contributed by atoms with van der Waals surface area (Å²) in [5.74, 6) is -0.571. The average Bonchev–Trinajstić information content (AvgIpc) is 3.34. The summed E-state index contributed by atoms with van der Waals surface area (Å²) in [5, 5.41) is 2.80. The first-order valence-corrected chi connectivity index (χ1v) is 13.0. The van der Waals surface area contributed by atoms with Crippen LogP contribution in [0.5, 0.6) is 0 Å². The first kappa shape index (κ1) is 26.8. The van der Waals surface area contributed by atoms with Crippen molar-refractivity contribution in [1.29, 1.82) is 0 Å². The van der Waals surface area contributed by atoms with Crippen LogP contribution in [0.25, 0.3) is 17.2 Å². The Balaban J connectivity index is 1.33. The Labute approximate surface area is 228 Å². The number of hydrogen-bond donors (Lipinski definition) is 1. The van der Waals surface area contributed by atoms with Gasteiger partial charge in [-0.25, -0.2) is 9.18 Å². The third-order valence-electron chi connectivity index (χ3n) is 7.85. The van der Waals surface area contributed by atoms with Gasteiger partial charge in [-0.05, 0) is 73.1 Å². The maximum Gasteiger partial charge on any atom is 0.492 e. The summed E-state index contributed by atoms with van der Waals surface area (Å²) in [6.07, 6.45) is 1.69. The van der Waals surface area contributed by atoms with Gasteiger partial charge in [0.2, 0.25) is 0 Å². The third-order valence-corrected chi connectivity index (χ3v) is 7.85. The Kier molecular flexibility index (Phi) is 7.18. The normalized spacial score (nSPS) is 17.5. The number of carbonyl (C=O) groups excluding carboxylic acids is 2. The topological polar surface area (TPSA) is 73.9 Å². The summed E-state index contributed by atoms with van der Waals surface area (Å²) < 4.78 is 31.8. The smallest absolute Gasteiger partial charge is 0.449 e. The second-order valence-corrected chi connectivity index (χ2v) is 10.9. The number of benzene rings is 3. The molecule has 39 heavy (non-hydrogen) atoms. The van der Waals surface area contributed by atoms with Crippen molar-refractivity contribution in [3.05, 3.63) is 100 Å². The number of alkyl carbamates (subject to hydrolysis) is 1. The van der Waals surface area contributed by atoms with Gasteiger partial charge in [-0.1, -0.05) is 60.7 Å². The van der Waals surface area contributed by atoms with E-state index in [1.807, 2.05) is 52.0 Å². The second kappa shape index (κ2) is 10.4. The molecule has 2 aliphatic rings. The Morgan fingerprint density at radius 2 is 1.54 bits per heavy atom. The standard InChI is InChI=1S/C31H31BFNO5/c1-30(2)31(3,4)39-32(38-30)22(15-20-13-14-23(33)16-21(20)18-35)17-34-29(36)37-19-28-26-11-7-5-9-24(26)25-10-6-8-12-27(25)28/h5-16,18,28H,17,19H2,1-4H3,(H,34,36). The highest BCUT2D eigenvalue weighted by Crippen LogP contribution is 2.44. The maximum atomic E-state index is 13.7. The number of fused-ring (bicyclic) bond motifs is 3. The molecule has 1 heterocycles. The highest BCUT2D eigenvalue weighted by Gasteiger charge is 2.52. The van der Waals surface area contributed by atoms with Crippen molar-refractivity contribution in [1.82, 2.24) is 5.32 Å². The Bertz CT molecular complexity index is 1390. The van der Waals surface area contributed by atoms with Gasteiger partial charge in [-0.2, -0.15) is 0 Å². The lowest BCUT2D eigenvalue weighted by molar-refractivity contribution is 0.00578. The molecule has 3 aromatic rings. The molecule has 0 aromatic heterocycles.